The molecule has 16 heteroatoms. The largest absolute Gasteiger partial charge is 0.490 e. The summed E-state index contributed by atoms with van der Waals surface area (Å²) in [5, 5.41) is 16.0. The van der Waals surface area contributed by atoms with Crippen LogP contribution in [-0.2, 0) is 31.7 Å². The van der Waals surface area contributed by atoms with Gasteiger partial charge in [-0.15, -0.1) is 10.2 Å². The molecule has 0 spiro atoms. The molecule has 1 atom stereocenters. The van der Waals surface area contributed by atoms with Crippen molar-refractivity contribution in [2.75, 3.05) is 7.05 Å². The highest BCUT2D eigenvalue weighted by molar-refractivity contribution is 7.90. The van der Waals surface area contributed by atoms with Crippen molar-refractivity contribution < 1.29 is 49.5 Å². The minimum absolute atomic E-state index is 0.259. The highest BCUT2D eigenvalue weighted by atomic mass is 32.2. The molecule has 9 nitrogen and oxygen atoms in total. The average molecular weight is 540 g/mol. The molecule has 1 aliphatic rings. The Kier molecular flexibility index (Phi) is 8.46. The van der Waals surface area contributed by atoms with Crippen LogP contribution in [0.15, 0.2) is 69.7 Å². The molecule has 0 aromatic heterocycles. The van der Waals surface area contributed by atoms with Gasteiger partial charge in [-0.1, -0.05) is 42.5 Å². The van der Waals surface area contributed by atoms with E-state index in [1.54, 1.807) is 24.3 Å². The number of benzene rings is 2. The SMILES string of the molecule is CNC(Cc1ccccc1)C(=O)NS(=O)(=O)c1ccc(C2(C(F)(F)F)N=N2)cc1.O=C(O)C(F)(F)F. The van der Waals surface area contributed by atoms with E-state index in [2.05, 4.69) is 15.5 Å². The Labute approximate surface area is 200 Å². The molecular formula is C20H18F6N4O5S. The molecule has 3 N–H and O–H groups in total. The van der Waals surface area contributed by atoms with E-state index in [0.717, 1.165) is 29.8 Å². The smallest absolute Gasteiger partial charge is 0.475 e. The molecule has 2 aromatic carbocycles. The minimum atomic E-state index is -5.08. The molecule has 0 fully saturated rings. The number of hydrogen-bond acceptors (Lipinski definition) is 7. The number of hydrogen-bond donors (Lipinski definition) is 3. The zero-order valence-corrected chi connectivity index (χ0v) is 18.9. The minimum Gasteiger partial charge on any atom is -0.475 e. The summed E-state index contributed by atoms with van der Waals surface area (Å²) < 4.78 is 97.7. The van der Waals surface area contributed by atoms with Gasteiger partial charge in [0, 0.05) is 5.56 Å². The number of likely N-dealkylation sites (N-methyl/N-ethyl adjacent to an activating group) is 1. The van der Waals surface area contributed by atoms with Gasteiger partial charge in [0.25, 0.3) is 15.9 Å². The first-order chi connectivity index (χ1) is 16.5. The second-order valence-electron chi connectivity index (χ2n) is 7.20. The van der Waals surface area contributed by atoms with Gasteiger partial charge in [-0.3, -0.25) is 4.79 Å². The zero-order valence-electron chi connectivity index (χ0n) is 18.1. The van der Waals surface area contributed by atoms with Gasteiger partial charge in [-0.05, 0) is 31.2 Å². The summed E-state index contributed by atoms with van der Waals surface area (Å²) in [5.74, 6) is -3.54. The number of sulfonamides is 1. The topological polar surface area (TPSA) is 137 Å². The summed E-state index contributed by atoms with van der Waals surface area (Å²) in [6.45, 7) is 0. The first kappa shape index (κ1) is 28.7. The normalized spacial score (nSPS) is 15.3. The number of alkyl halides is 6. The van der Waals surface area contributed by atoms with Crippen molar-refractivity contribution in [2.24, 2.45) is 10.2 Å². The first-order valence-corrected chi connectivity index (χ1v) is 11.2. The fourth-order valence-corrected chi connectivity index (χ4v) is 3.77. The summed E-state index contributed by atoms with van der Waals surface area (Å²) in [6, 6.07) is 12.1. The van der Waals surface area contributed by atoms with Gasteiger partial charge in [0.2, 0.25) is 0 Å². The predicted molar refractivity (Wildman–Crippen MR) is 111 cm³/mol. The van der Waals surface area contributed by atoms with E-state index in [1.807, 2.05) is 10.8 Å². The quantitative estimate of drug-likeness (QED) is 0.462. The number of carbonyl (C=O) groups excluding carboxylic acids is 1. The predicted octanol–water partition coefficient (Wildman–Crippen LogP) is 3.14. The molecule has 0 aliphatic carbocycles. The number of amides is 1. The second kappa shape index (κ2) is 10.6. The van der Waals surface area contributed by atoms with E-state index in [9.17, 15) is 39.6 Å². The third-order valence-electron chi connectivity index (χ3n) is 4.69. The fourth-order valence-electron chi connectivity index (χ4n) is 2.75. The third kappa shape index (κ3) is 7.00. The average Bonchev–Trinajstić information content (AvgIpc) is 3.60. The Bertz CT molecular complexity index is 1210. The lowest BCUT2D eigenvalue weighted by Crippen LogP contribution is -2.46. The maximum absolute atomic E-state index is 13.0. The van der Waals surface area contributed by atoms with Gasteiger partial charge in [-0.25, -0.2) is 17.9 Å². The van der Waals surface area contributed by atoms with Crippen molar-refractivity contribution in [1.82, 2.24) is 10.0 Å². The van der Waals surface area contributed by atoms with Gasteiger partial charge >= 0.3 is 24.0 Å². The van der Waals surface area contributed by atoms with Crippen LogP contribution >= 0.6 is 0 Å². The lowest BCUT2D eigenvalue weighted by molar-refractivity contribution is -0.192. The highest BCUT2D eigenvalue weighted by Gasteiger charge is 2.65. The molecule has 36 heavy (non-hydrogen) atoms. The number of rotatable bonds is 7. The van der Waals surface area contributed by atoms with Gasteiger partial charge < -0.3 is 10.4 Å². The molecule has 0 saturated heterocycles. The van der Waals surface area contributed by atoms with E-state index in [1.165, 1.54) is 7.05 Å². The number of aliphatic carboxylic acids is 1. The van der Waals surface area contributed by atoms with E-state index < -0.39 is 46.0 Å². The molecule has 196 valence electrons. The molecule has 0 saturated carbocycles. The lowest BCUT2D eigenvalue weighted by Gasteiger charge is -2.17. The summed E-state index contributed by atoms with van der Waals surface area (Å²) in [7, 11) is -2.74. The molecule has 2 aromatic rings. The van der Waals surface area contributed by atoms with Crippen LogP contribution in [-0.4, -0.2) is 50.8 Å². The summed E-state index contributed by atoms with van der Waals surface area (Å²) in [5.41, 5.74) is -2.10. The van der Waals surface area contributed by atoms with Crippen LogP contribution in [0.2, 0.25) is 0 Å². The van der Waals surface area contributed by atoms with Gasteiger partial charge in [-0.2, -0.15) is 26.3 Å². The zero-order chi connectivity index (χ0) is 27.4. The Morgan fingerprint density at radius 1 is 0.972 bits per heavy atom. The Morgan fingerprint density at radius 2 is 1.47 bits per heavy atom. The van der Waals surface area contributed by atoms with Crippen LogP contribution < -0.4 is 10.0 Å². The van der Waals surface area contributed by atoms with Crippen molar-refractivity contribution in [2.45, 2.75) is 35.4 Å². The Hall–Kier alpha value is -3.53. The standard InChI is InChI=1S/C18H17F3N4O3S.C2HF3O2/c1-22-15(11-12-5-3-2-4-6-12)16(26)23-29(27,28)14-9-7-13(8-10-14)17(24-25-17)18(19,20)21;3-2(4,5)1(6)7/h2-10,15,22H,11H2,1H3,(H,23,26);(H,6,7). The Morgan fingerprint density at radius 3 is 1.86 bits per heavy atom. The number of carboxylic acid groups (broad SMARTS) is 1. The van der Waals surface area contributed by atoms with E-state index in [-0.39, 0.29) is 16.9 Å². The van der Waals surface area contributed by atoms with Crippen molar-refractivity contribution in [3.05, 3.63) is 65.7 Å². The number of nitrogens with zero attached hydrogens (tertiary/aromatic N) is 2. The molecule has 1 aliphatic heterocycles. The first-order valence-electron chi connectivity index (χ1n) is 9.73. The van der Waals surface area contributed by atoms with Gasteiger partial charge in [0.1, 0.15) is 0 Å². The van der Waals surface area contributed by atoms with Gasteiger partial charge in [0.15, 0.2) is 0 Å². The van der Waals surface area contributed by atoms with Crippen molar-refractivity contribution in [3.8, 4) is 0 Å². The van der Waals surface area contributed by atoms with Crippen LogP contribution in [0.4, 0.5) is 26.3 Å². The highest BCUT2D eigenvalue weighted by Crippen LogP contribution is 2.52. The molecule has 0 bridgehead atoms. The number of nitrogens with one attached hydrogen (secondary N) is 2. The van der Waals surface area contributed by atoms with E-state index in [4.69, 9.17) is 9.90 Å². The molecule has 3 rings (SSSR count). The van der Waals surface area contributed by atoms with Crippen molar-refractivity contribution in [1.29, 1.82) is 0 Å². The molecular weight excluding hydrogens is 522 g/mol. The van der Waals surface area contributed by atoms with Gasteiger partial charge in [0.05, 0.1) is 10.9 Å². The number of carboxylic acids is 1. The molecule has 1 amide bonds. The second-order valence-corrected chi connectivity index (χ2v) is 8.88. The summed E-state index contributed by atoms with van der Waals surface area (Å²) in [6.07, 6.45) is -9.53. The number of carbonyl (C=O) groups is 2. The number of halogens is 6. The third-order valence-corrected chi connectivity index (χ3v) is 6.05. The molecule has 0 radical (unpaired) electrons. The van der Waals surface area contributed by atoms with E-state index >= 15 is 0 Å². The molecule has 1 heterocycles. The monoisotopic (exact) mass is 540 g/mol. The Balaban J connectivity index is 0.000000572. The summed E-state index contributed by atoms with van der Waals surface area (Å²) >= 11 is 0. The van der Waals surface area contributed by atoms with Crippen LogP contribution in [0.1, 0.15) is 11.1 Å². The maximum atomic E-state index is 13.0. The summed E-state index contributed by atoms with van der Waals surface area (Å²) in [4.78, 5) is 21.0. The molecule has 1 unspecified atom stereocenters. The van der Waals surface area contributed by atoms with Crippen LogP contribution in [0.5, 0.6) is 0 Å². The van der Waals surface area contributed by atoms with Crippen LogP contribution in [0, 0.1) is 0 Å². The van der Waals surface area contributed by atoms with Crippen molar-refractivity contribution in [3.63, 3.8) is 0 Å². The van der Waals surface area contributed by atoms with E-state index in [0.29, 0.717) is 0 Å². The van der Waals surface area contributed by atoms with Crippen LogP contribution in [0.3, 0.4) is 0 Å². The maximum Gasteiger partial charge on any atom is 0.490 e. The van der Waals surface area contributed by atoms with Crippen LogP contribution in [0.25, 0.3) is 0 Å². The van der Waals surface area contributed by atoms with Crippen molar-refractivity contribution >= 4 is 21.9 Å². The fraction of sp³-hybridized carbons (Fsp3) is 0.300. The lowest BCUT2D eigenvalue weighted by atomic mass is 10.0.